The van der Waals surface area contributed by atoms with E-state index in [-0.39, 0.29) is 23.9 Å². The number of nitrogens with one attached hydrogen (secondary N) is 1. The van der Waals surface area contributed by atoms with Crippen LogP contribution in [0.1, 0.15) is 26.3 Å². The lowest BCUT2D eigenvalue weighted by atomic mass is 10.1. The molecule has 0 bridgehead atoms. The normalized spacial score (nSPS) is 12.0. The first kappa shape index (κ1) is 20.9. The molecule has 146 valence electrons. The first-order chi connectivity index (χ1) is 12.6. The Kier molecular flexibility index (Phi) is 6.62. The lowest BCUT2D eigenvalue weighted by Crippen LogP contribution is -2.47. The van der Waals surface area contributed by atoms with Gasteiger partial charge in [-0.05, 0) is 50.6 Å². The highest BCUT2D eigenvalue weighted by Crippen LogP contribution is 2.21. The minimum Gasteiger partial charge on any atom is -0.497 e. The van der Waals surface area contributed by atoms with Crippen molar-refractivity contribution in [2.75, 3.05) is 13.7 Å². The minimum atomic E-state index is -3.86. The van der Waals surface area contributed by atoms with Crippen molar-refractivity contribution >= 4 is 15.9 Å². The fourth-order valence-electron chi connectivity index (χ4n) is 2.53. The molecule has 0 atom stereocenters. The molecule has 0 aliphatic heterocycles. The molecular formula is C20H26N2O4S. The number of amides is 1. The summed E-state index contributed by atoms with van der Waals surface area (Å²) in [6.45, 7) is 5.40. The maximum absolute atomic E-state index is 13.1. The van der Waals surface area contributed by atoms with Gasteiger partial charge in [0.1, 0.15) is 5.75 Å². The van der Waals surface area contributed by atoms with Crippen LogP contribution in [0.5, 0.6) is 5.75 Å². The van der Waals surface area contributed by atoms with Gasteiger partial charge < -0.3 is 10.1 Å². The van der Waals surface area contributed by atoms with Crippen molar-refractivity contribution in [2.45, 2.75) is 37.8 Å². The average molecular weight is 391 g/mol. The van der Waals surface area contributed by atoms with Crippen LogP contribution in [0.2, 0.25) is 0 Å². The number of carbonyl (C=O) groups is 1. The second-order valence-electron chi connectivity index (χ2n) is 7.23. The van der Waals surface area contributed by atoms with Gasteiger partial charge in [0.15, 0.2) is 0 Å². The van der Waals surface area contributed by atoms with Crippen LogP contribution < -0.4 is 10.1 Å². The summed E-state index contributed by atoms with van der Waals surface area (Å²) in [5.74, 6) is 0.213. The molecule has 7 heteroatoms. The quantitative estimate of drug-likeness (QED) is 0.789. The molecule has 6 nitrogen and oxygen atoms in total. The summed E-state index contributed by atoms with van der Waals surface area (Å²) in [6.07, 6.45) is 0. The van der Waals surface area contributed by atoms with Crippen molar-refractivity contribution < 1.29 is 17.9 Å². The first-order valence-electron chi connectivity index (χ1n) is 8.61. The zero-order valence-electron chi connectivity index (χ0n) is 16.1. The summed E-state index contributed by atoms with van der Waals surface area (Å²) in [4.78, 5) is 12.5. The largest absolute Gasteiger partial charge is 0.497 e. The monoisotopic (exact) mass is 390 g/mol. The molecule has 0 saturated carbocycles. The third kappa shape index (κ3) is 6.08. The van der Waals surface area contributed by atoms with E-state index in [0.717, 1.165) is 5.56 Å². The molecule has 0 unspecified atom stereocenters. The third-order valence-corrected chi connectivity index (χ3v) is 5.54. The molecule has 0 aliphatic rings. The molecule has 0 aromatic heterocycles. The second-order valence-corrected chi connectivity index (χ2v) is 9.17. The minimum absolute atomic E-state index is 0.104. The van der Waals surface area contributed by atoms with Gasteiger partial charge >= 0.3 is 0 Å². The van der Waals surface area contributed by atoms with E-state index in [2.05, 4.69) is 5.32 Å². The Bertz CT molecular complexity index is 857. The lowest BCUT2D eigenvalue weighted by Gasteiger charge is -2.25. The van der Waals surface area contributed by atoms with E-state index in [4.69, 9.17) is 4.74 Å². The average Bonchev–Trinajstić information content (AvgIpc) is 2.60. The van der Waals surface area contributed by atoms with Gasteiger partial charge in [0.2, 0.25) is 15.9 Å². The van der Waals surface area contributed by atoms with Crippen LogP contribution in [0.25, 0.3) is 0 Å². The smallest absolute Gasteiger partial charge is 0.243 e. The summed E-state index contributed by atoms with van der Waals surface area (Å²) >= 11 is 0. The zero-order valence-corrected chi connectivity index (χ0v) is 16.9. The van der Waals surface area contributed by atoms with Gasteiger partial charge in [0.05, 0.1) is 18.6 Å². The molecule has 1 N–H and O–H groups in total. The molecule has 2 rings (SSSR count). The highest BCUT2D eigenvalue weighted by Gasteiger charge is 2.28. The number of hydrogen-bond donors (Lipinski definition) is 1. The van der Waals surface area contributed by atoms with Crippen molar-refractivity contribution in [1.82, 2.24) is 9.62 Å². The standard InChI is InChI=1S/C20H26N2O4S/c1-20(2,3)21-19(23)15-22(14-16-8-6-5-7-9-16)27(24,25)18-12-10-17(26-4)11-13-18/h5-13H,14-15H2,1-4H3,(H,21,23). The Labute approximate surface area is 161 Å². The lowest BCUT2D eigenvalue weighted by molar-refractivity contribution is -0.122. The predicted molar refractivity (Wildman–Crippen MR) is 105 cm³/mol. The van der Waals surface area contributed by atoms with Crippen LogP contribution in [0.3, 0.4) is 0 Å². The maximum atomic E-state index is 13.1. The Balaban J connectivity index is 2.32. The Morgan fingerprint density at radius 3 is 2.15 bits per heavy atom. The van der Waals surface area contributed by atoms with E-state index < -0.39 is 15.6 Å². The topological polar surface area (TPSA) is 75.7 Å². The van der Waals surface area contributed by atoms with Crippen LogP contribution >= 0.6 is 0 Å². The Morgan fingerprint density at radius 1 is 1.04 bits per heavy atom. The van der Waals surface area contributed by atoms with Crippen LogP contribution in [-0.2, 0) is 21.4 Å². The van der Waals surface area contributed by atoms with Gasteiger partial charge in [-0.3, -0.25) is 4.79 Å². The number of nitrogens with zero attached hydrogens (tertiary/aromatic N) is 1. The fourth-order valence-corrected chi connectivity index (χ4v) is 3.91. The maximum Gasteiger partial charge on any atom is 0.243 e. The van der Waals surface area contributed by atoms with E-state index in [1.807, 2.05) is 51.1 Å². The summed E-state index contributed by atoms with van der Waals surface area (Å²) in [5, 5.41) is 2.81. The summed E-state index contributed by atoms with van der Waals surface area (Å²) in [5.41, 5.74) is 0.359. The fraction of sp³-hybridized carbons (Fsp3) is 0.350. The van der Waals surface area contributed by atoms with Gasteiger partial charge in [-0.15, -0.1) is 0 Å². The highest BCUT2D eigenvalue weighted by molar-refractivity contribution is 7.89. The van der Waals surface area contributed by atoms with Crippen molar-refractivity contribution in [3.05, 3.63) is 60.2 Å². The molecule has 0 heterocycles. The van der Waals surface area contributed by atoms with Crippen LogP contribution in [0, 0.1) is 0 Å². The van der Waals surface area contributed by atoms with Crippen LogP contribution in [0.4, 0.5) is 0 Å². The van der Waals surface area contributed by atoms with Crippen molar-refractivity contribution in [3.8, 4) is 5.75 Å². The molecule has 0 aliphatic carbocycles. The van der Waals surface area contributed by atoms with E-state index in [0.29, 0.717) is 5.75 Å². The van der Waals surface area contributed by atoms with Crippen molar-refractivity contribution in [3.63, 3.8) is 0 Å². The Hall–Kier alpha value is -2.38. The number of rotatable bonds is 7. The van der Waals surface area contributed by atoms with E-state index in [1.165, 1.54) is 23.5 Å². The van der Waals surface area contributed by atoms with Crippen LogP contribution in [-0.4, -0.2) is 37.8 Å². The number of carbonyl (C=O) groups excluding carboxylic acids is 1. The zero-order chi connectivity index (χ0) is 20.1. The number of sulfonamides is 1. The van der Waals surface area contributed by atoms with Crippen LogP contribution in [0.15, 0.2) is 59.5 Å². The number of ether oxygens (including phenoxy) is 1. The van der Waals surface area contributed by atoms with Gasteiger partial charge in [-0.25, -0.2) is 8.42 Å². The van der Waals surface area contributed by atoms with E-state index >= 15 is 0 Å². The second kappa shape index (κ2) is 8.54. The number of benzene rings is 2. The van der Waals surface area contributed by atoms with Gasteiger partial charge in [-0.2, -0.15) is 4.31 Å². The Morgan fingerprint density at radius 2 is 1.63 bits per heavy atom. The molecule has 0 saturated heterocycles. The van der Waals surface area contributed by atoms with Gasteiger partial charge in [0, 0.05) is 12.1 Å². The first-order valence-corrected chi connectivity index (χ1v) is 10.0. The molecular weight excluding hydrogens is 364 g/mol. The molecule has 2 aromatic rings. The van der Waals surface area contributed by atoms with Crippen molar-refractivity contribution in [2.24, 2.45) is 0 Å². The van der Waals surface area contributed by atoms with Gasteiger partial charge in [0.25, 0.3) is 0 Å². The van der Waals surface area contributed by atoms with E-state index in [9.17, 15) is 13.2 Å². The molecule has 0 fully saturated rings. The predicted octanol–water partition coefficient (Wildman–Crippen LogP) is 2.80. The molecule has 2 aromatic carbocycles. The molecule has 0 spiro atoms. The SMILES string of the molecule is COc1ccc(S(=O)(=O)N(CC(=O)NC(C)(C)C)Cc2ccccc2)cc1. The third-order valence-electron chi connectivity index (χ3n) is 3.73. The summed E-state index contributed by atoms with van der Waals surface area (Å²) in [7, 11) is -2.34. The summed E-state index contributed by atoms with van der Waals surface area (Å²) in [6, 6.07) is 15.3. The summed E-state index contributed by atoms with van der Waals surface area (Å²) < 4.78 is 32.6. The molecule has 1 amide bonds. The molecule has 27 heavy (non-hydrogen) atoms. The number of hydrogen-bond acceptors (Lipinski definition) is 4. The van der Waals surface area contributed by atoms with Gasteiger partial charge in [-0.1, -0.05) is 30.3 Å². The molecule has 0 radical (unpaired) electrons. The van der Waals surface area contributed by atoms with Crippen molar-refractivity contribution in [1.29, 1.82) is 0 Å². The highest BCUT2D eigenvalue weighted by atomic mass is 32.2. The van der Waals surface area contributed by atoms with E-state index in [1.54, 1.807) is 12.1 Å². The number of methoxy groups -OCH3 is 1.